The standard InChI is InChI=1S/C22H27N5O5/c1-30-15-8-4-5-12-13(15)6-3-7-14(12)22(19(31-2)18(29)16(9-28)32-22)27-11-26-17-20(23)24-10-25-21(17)27/h4-5,8,10-11,14,16,18-19,28-29H,3,6-7,9H2,1-2H3,(H2,23,24,25)/t14?,16-,18-,19-,22-/m1/s1. The molecule has 2 aliphatic rings. The van der Waals surface area contributed by atoms with Crippen LogP contribution in [-0.4, -0.2) is 68.9 Å². The number of hydrogen-bond donors (Lipinski definition) is 3. The van der Waals surface area contributed by atoms with Gasteiger partial charge in [0.25, 0.3) is 0 Å². The van der Waals surface area contributed by atoms with Crippen molar-refractivity contribution in [3.63, 3.8) is 0 Å². The minimum atomic E-state index is -1.22. The average molecular weight is 441 g/mol. The number of rotatable bonds is 5. The van der Waals surface area contributed by atoms with E-state index in [1.54, 1.807) is 18.0 Å². The first-order valence-corrected chi connectivity index (χ1v) is 10.7. The van der Waals surface area contributed by atoms with Crippen molar-refractivity contribution >= 4 is 17.0 Å². The number of methoxy groups -OCH3 is 2. The molecule has 170 valence electrons. The number of aromatic nitrogens is 4. The third-order valence-corrected chi connectivity index (χ3v) is 6.79. The summed E-state index contributed by atoms with van der Waals surface area (Å²) in [5, 5.41) is 21.0. The van der Waals surface area contributed by atoms with Crippen LogP contribution < -0.4 is 10.5 Å². The minimum absolute atomic E-state index is 0.230. The molecule has 1 fully saturated rings. The molecule has 32 heavy (non-hydrogen) atoms. The Morgan fingerprint density at radius 1 is 1.28 bits per heavy atom. The molecule has 1 saturated heterocycles. The number of imidazole rings is 1. The molecule has 2 aromatic heterocycles. The van der Waals surface area contributed by atoms with E-state index in [-0.39, 0.29) is 18.3 Å². The first-order valence-electron chi connectivity index (χ1n) is 10.7. The van der Waals surface area contributed by atoms with Gasteiger partial charge < -0.3 is 30.2 Å². The zero-order valence-electron chi connectivity index (χ0n) is 18.0. The molecule has 0 bridgehead atoms. The molecule has 5 atom stereocenters. The highest BCUT2D eigenvalue weighted by molar-refractivity contribution is 5.81. The van der Waals surface area contributed by atoms with Gasteiger partial charge in [-0.2, -0.15) is 0 Å². The summed E-state index contributed by atoms with van der Waals surface area (Å²) in [6.07, 6.45) is 2.81. The summed E-state index contributed by atoms with van der Waals surface area (Å²) in [5.41, 5.74) is 7.88. The summed E-state index contributed by atoms with van der Waals surface area (Å²) in [5.74, 6) is 0.836. The van der Waals surface area contributed by atoms with Gasteiger partial charge >= 0.3 is 0 Å². The Hall–Kier alpha value is -2.79. The third kappa shape index (κ3) is 2.83. The van der Waals surface area contributed by atoms with Crippen LogP contribution in [0.3, 0.4) is 0 Å². The van der Waals surface area contributed by atoms with Gasteiger partial charge in [-0.25, -0.2) is 15.0 Å². The predicted molar refractivity (Wildman–Crippen MR) is 115 cm³/mol. The molecule has 3 heterocycles. The SMILES string of the molecule is COc1cccc2c1CCCC2[C@@]1(n2cnc3c(N)ncnc32)O[C@H](CO)[C@@H](O)[C@H]1OC. The van der Waals surface area contributed by atoms with Crippen LogP contribution in [-0.2, 0) is 21.6 Å². The lowest BCUT2D eigenvalue weighted by atomic mass is 9.74. The number of nitrogens with two attached hydrogens (primary N) is 1. The van der Waals surface area contributed by atoms with Crippen molar-refractivity contribution < 1.29 is 24.4 Å². The van der Waals surface area contributed by atoms with Gasteiger partial charge in [0.05, 0.1) is 20.0 Å². The van der Waals surface area contributed by atoms with E-state index in [1.807, 2.05) is 12.1 Å². The summed E-state index contributed by atoms with van der Waals surface area (Å²) < 4.78 is 19.8. The van der Waals surface area contributed by atoms with Gasteiger partial charge in [-0.1, -0.05) is 12.1 Å². The number of fused-ring (bicyclic) bond motifs is 2. The number of aliphatic hydroxyl groups excluding tert-OH is 2. The van der Waals surface area contributed by atoms with Crippen LogP contribution in [0, 0.1) is 0 Å². The summed E-state index contributed by atoms with van der Waals surface area (Å²) in [7, 11) is 3.19. The first kappa shape index (κ1) is 21.1. The van der Waals surface area contributed by atoms with Crippen molar-refractivity contribution in [3.8, 4) is 5.75 Å². The second-order valence-electron chi connectivity index (χ2n) is 8.26. The fourth-order valence-corrected chi connectivity index (χ4v) is 5.46. The van der Waals surface area contributed by atoms with Gasteiger partial charge in [0.2, 0.25) is 0 Å². The van der Waals surface area contributed by atoms with E-state index in [0.717, 1.165) is 36.1 Å². The molecule has 10 nitrogen and oxygen atoms in total. The highest BCUT2D eigenvalue weighted by atomic mass is 16.6. The lowest BCUT2D eigenvalue weighted by Gasteiger charge is -2.44. The van der Waals surface area contributed by atoms with Crippen LogP contribution in [0.15, 0.2) is 30.9 Å². The van der Waals surface area contributed by atoms with E-state index in [0.29, 0.717) is 11.2 Å². The number of nitrogens with zero attached hydrogens (tertiary/aromatic N) is 4. The topological polar surface area (TPSA) is 138 Å². The second kappa shape index (κ2) is 7.96. The maximum absolute atomic E-state index is 11.1. The summed E-state index contributed by atoms with van der Waals surface area (Å²) in [4.78, 5) is 12.9. The Kier molecular flexibility index (Phi) is 5.25. The lowest BCUT2D eigenvalue weighted by molar-refractivity contribution is -0.172. The lowest BCUT2D eigenvalue weighted by Crippen LogP contribution is -2.51. The molecular formula is C22H27N5O5. The molecule has 5 rings (SSSR count). The maximum atomic E-state index is 11.1. The van der Waals surface area contributed by atoms with Gasteiger partial charge in [0.15, 0.2) is 17.2 Å². The van der Waals surface area contributed by atoms with Crippen LogP contribution in [0.5, 0.6) is 5.75 Å². The monoisotopic (exact) mass is 441 g/mol. The van der Waals surface area contributed by atoms with Crippen LogP contribution in [0.25, 0.3) is 11.2 Å². The molecule has 1 aromatic carbocycles. The normalized spacial score (nSPS) is 29.9. The van der Waals surface area contributed by atoms with Crippen molar-refractivity contribution in [1.82, 2.24) is 19.5 Å². The van der Waals surface area contributed by atoms with Gasteiger partial charge in [0.1, 0.15) is 35.9 Å². The quantitative estimate of drug-likeness (QED) is 0.528. The Balaban J connectivity index is 1.79. The molecule has 0 saturated carbocycles. The zero-order valence-corrected chi connectivity index (χ0v) is 18.0. The summed E-state index contributed by atoms with van der Waals surface area (Å²) >= 11 is 0. The zero-order chi connectivity index (χ0) is 22.5. The molecule has 0 spiro atoms. The first-order chi connectivity index (χ1) is 15.6. The van der Waals surface area contributed by atoms with Crippen molar-refractivity contribution in [2.45, 2.75) is 49.2 Å². The molecule has 1 unspecified atom stereocenters. The highest BCUT2D eigenvalue weighted by Gasteiger charge is 2.61. The Bertz CT molecular complexity index is 1140. The number of nitrogen functional groups attached to an aromatic ring is 1. The molecule has 0 radical (unpaired) electrons. The number of benzene rings is 1. The molecule has 0 amide bonds. The molecule has 3 aromatic rings. The minimum Gasteiger partial charge on any atom is -0.496 e. The van der Waals surface area contributed by atoms with E-state index in [4.69, 9.17) is 19.9 Å². The molecular weight excluding hydrogens is 414 g/mol. The second-order valence-corrected chi connectivity index (χ2v) is 8.26. The molecule has 4 N–H and O–H groups in total. The fraction of sp³-hybridized carbons (Fsp3) is 0.500. The third-order valence-electron chi connectivity index (χ3n) is 6.79. The van der Waals surface area contributed by atoms with Crippen molar-refractivity contribution in [3.05, 3.63) is 42.0 Å². The summed E-state index contributed by atoms with van der Waals surface area (Å²) in [6.45, 7) is -0.357. The largest absolute Gasteiger partial charge is 0.496 e. The number of ether oxygens (including phenoxy) is 3. The number of aliphatic hydroxyl groups is 2. The van der Waals surface area contributed by atoms with Crippen molar-refractivity contribution in [2.75, 3.05) is 26.6 Å². The summed E-state index contributed by atoms with van der Waals surface area (Å²) in [6, 6.07) is 5.95. The van der Waals surface area contributed by atoms with E-state index in [1.165, 1.54) is 13.4 Å². The van der Waals surface area contributed by atoms with E-state index >= 15 is 0 Å². The van der Waals surface area contributed by atoms with Gasteiger partial charge in [-0.05, 0) is 36.5 Å². The van der Waals surface area contributed by atoms with Crippen LogP contribution >= 0.6 is 0 Å². The van der Waals surface area contributed by atoms with E-state index in [2.05, 4.69) is 21.0 Å². The Morgan fingerprint density at radius 3 is 2.88 bits per heavy atom. The molecule has 1 aliphatic carbocycles. The van der Waals surface area contributed by atoms with Crippen molar-refractivity contribution in [2.24, 2.45) is 0 Å². The van der Waals surface area contributed by atoms with Gasteiger partial charge in [0, 0.05) is 13.0 Å². The van der Waals surface area contributed by atoms with Gasteiger partial charge in [-0.3, -0.25) is 4.57 Å². The fourth-order valence-electron chi connectivity index (χ4n) is 5.46. The van der Waals surface area contributed by atoms with Crippen molar-refractivity contribution in [1.29, 1.82) is 0 Å². The highest BCUT2D eigenvalue weighted by Crippen LogP contribution is 2.53. The van der Waals surface area contributed by atoms with E-state index < -0.39 is 24.0 Å². The van der Waals surface area contributed by atoms with Gasteiger partial charge in [-0.15, -0.1) is 0 Å². The Labute approximate surface area is 185 Å². The number of anilines is 1. The average Bonchev–Trinajstić information content (AvgIpc) is 3.38. The predicted octanol–water partition coefficient (Wildman–Crippen LogP) is 0.957. The van der Waals surface area contributed by atoms with Crippen LogP contribution in [0.4, 0.5) is 5.82 Å². The molecule has 1 aliphatic heterocycles. The maximum Gasteiger partial charge on any atom is 0.183 e. The Morgan fingerprint density at radius 2 is 2.12 bits per heavy atom. The van der Waals surface area contributed by atoms with Crippen LogP contribution in [0.2, 0.25) is 0 Å². The van der Waals surface area contributed by atoms with Crippen LogP contribution in [0.1, 0.15) is 29.9 Å². The number of hydrogen-bond acceptors (Lipinski definition) is 9. The molecule has 10 heteroatoms. The smallest absolute Gasteiger partial charge is 0.183 e. The van der Waals surface area contributed by atoms with E-state index in [9.17, 15) is 10.2 Å².